The zero-order valence-electron chi connectivity index (χ0n) is 21.4. The summed E-state index contributed by atoms with van der Waals surface area (Å²) in [6, 6.07) is 12.2. The minimum absolute atomic E-state index is 0.102. The minimum Gasteiger partial charge on any atom is -0.369 e. The van der Waals surface area contributed by atoms with Crippen LogP contribution in [0.2, 0.25) is 5.02 Å². The van der Waals surface area contributed by atoms with Crippen LogP contribution in [0.15, 0.2) is 61.1 Å². The minimum atomic E-state index is -4.39. The van der Waals surface area contributed by atoms with Crippen LogP contribution in [0.3, 0.4) is 0 Å². The predicted octanol–water partition coefficient (Wildman–Crippen LogP) is 4.81. The van der Waals surface area contributed by atoms with E-state index >= 15 is 0 Å². The monoisotopic (exact) mass is 544 g/mol. The third kappa shape index (κ3) is 6.29. The number of likely N-dealkylation sites (N-methyl/N-ethyl adjacent to an activating group) is 1. The highest BCUT2D eigenvalue weighted by Crippen LogP contribution is 2.35. The van der Waals surface area contributed by atoms with E-state index in [1.807, 2.05) is 24.3 Å². The molecule has 0 radical (unpaired) electrons. The van der Waals surface area contributed by atoms with Crippen LogP contribution >= 0.6 is 11.6 Å². The fourth-order valence-corrected chi connectivity index (χ4v) is 5.46. The first-order chi connectivity index (χ1) is 18.3. The molecule has 0 saturated carbocycles. The van der Waals surface area contributed by atoms with Gasteiger partial charge in [-0.15, -0.1) is 0 Å². The Balaban J connectivity index is 1.32. The van der Waals surface area contributed by atoms with Crippen LogP contribution in [-0.2, 0) is 12.7 Å². The molecule has 2 aliphatic rings. The molecule has 5 rings (SSSR count). The summed E-state index contributed by atoms with van der Waals surface area (Å²) >= 11 is 6.12. The average molecular weight is 545 g/mol. The number of benzene rings is 2. The van der Waals surface area contributed by atoms with Gasteiger partial charge in [0.2, 0.25) is 0 Å². The SMILES string of the molecule is CN1CCN(c2ccc(C(F)(F)F)c(CN3CCN(C(c4ccc(Cl)cc4)c4cnccn4)CC3)c2)CC1. The van der Waals surface area contributed by atoms with E-state index in [9.17, 15) is 13.2 Å². The highest BCUT2D eigenvalue weighted by Gasteiger charge is 2.35. The average Bonchev–Trinajstić information content (AvgIpc) is 2.91. The fourth-order valence-electron chi connectivity index (χ4n) is 5.33. The van der Waals surface area contributed by atoms with Gasteiger partial charge < -0.3 is 9.80 Å². The van der Waals surface area contributed by atoms with Gasteiger partial charge in [-0.3, -0.25) is 19.8 Å². The number of piperazine rings is 2. The maximum atomic E-state index is 13.9. The molecule has 0 amide bonds. The van der Waals surface area contributed by atoms with Crippen molar-refractivity contribution in [1.29, 1.82) is 0 Å². The fraction of sp³-hybridized carbons (Fsp3) is 0.429. The Kier molecular flexibility index (Phi) is 8.18. The lowest BCUT2D eigenvalue weighted by molar-refractivity contribution is -0.138. The van der Waals surface area contributed by atoms with E-state index in [1.54, 1.807) is 30.7 Å². The second-order valence-electron chi connectivity index (χ2n) is 10.0. The number of rotatable bonds is 6. The summed E-state index contributed by atoms with van der Waals surface area (Å²) in [7, 11) is 2.07. The van der Waals surface area contributed by atoms with E-state index in [1.165, 1.54) is 6.07 Å². The number of alkyl halides is 3. The molecule has 1 unspecified atom stereocenters. The first-order valence-electron chi connectivity index (χ1n) is 12.9. The van der Waals surface area contributed by atoms with Crippen molar-refractivity contribution >= 4 is 17.3 Å². The molecule has 10 heteroatoms. The Hall–Kier alpha value is -2.72. The molecule has 0 spiro atoms. The second-order valence-corrected chi connectivity index (χ2v) is 10.5. The van der Waals surface area contributed by atoms with Crippen LogP contribution in [0, 0.1) is 0 Å². The molecule has 0 aliphatic carbocycles. The smallest absolute Gasteiger partial charge is 0.369 e. The number of anilines is 1. The molecule has 0 N–H and O–H groups in total. The molecule has 6 nitrogen and oxygen atoms in total. The predicted molar refractivity (Wildman–Crippen MR) is 143 cm³/mol. The first-order valence-corrected chi connectivity index (χ1v) is 13.3. The van der Waals surface area contributed by atoms with Gasteiger partial charge in [0.15, 0.2) is 0 Å². The van der Waals surface area contributed by atoms with Gasteiger partial charge in [-0.05, 0) is 48.5 Å². The Morgan fingerprint density at radius 1 is 0.895 bits per heavy atom. The Labute approximate surface area is 226 Å². The van der Waals surface area contributed by atoms with Crippen LogP contribution < -0.4 is 4.90 Å². The van der Waals surface area contributed by atoms with Crippen molar-refractivity contribution < 1.29 is 13.2 Å². The Morgan fingerprint density at radius 2 is 1.61 bits per heavy atom. The summed E-state index contributed by atoms with van der Waals surface area (Å²) in [4.78, 5) is 17.7. The van der Waals surface area contributed by atoms with E-state index in [0.717, 1.165) is 43.1 Å². The maximum Gasteiger partial charge on any atom is 0.416 e. The van der Waals surface area contributed by atoms with Crippen molar-refractivity contribution in [2.45, 2.75) is 18.8 Å². The number of nitrogens with zero attached hydrogens (tertiary/aromatic N) is 6. The third-order valence-corrected chi connectivity index (χ3v) is 7.73. The largest absolute Gasteiger partial charge is 0.416 e. The first kappa shape index (κ1) is 26.9. The lowest BCUT2D eigenvalue weighted by Crippen LogP contribution is -2.47. The van der Waals surface area contributed by atoms with Crippen LogP contribution in [0.1, 0.15) is 28.4 Å². The Bertz CT molecular complexity index is 1190. The molecule has 202 valence electrons. The quantitative estimate of drug-likeness (QED) is 0.443. The molecule has 38 heavy (non-hydrogen) atoms. The van der Waals surface area contributed by atoms with Crippen molar-refractivity contribution in [3.05, 3.63) is 88.5 Å². The molecule has 2 saturated heterocycles. The second kappa shape index (κ2) is 11.6. The summed E-state index contributed by atoms with van der Waals surface area (Å²) < 4.78 is 41.8. The number of aromatic nitrogens is 2. The number of halogens is 4. The van der Waals surface area contributed by atoms with Gasteiger partial charge >= 0.3 is 6.18 Å². The van der Waals surface area contributed by atoms with E-state index < -0.39 is 11.7 Å². The summed E-state index contributed by atoms with van der Waals surface area (Å²) in [5.74, 6) is 0. The molecular weight excluding hydrogens is 513 g/mol. The molecule has 2 aliphatic heterocycles. The van der Waals surface area contributed by atoms with Crippen molar-refractivity contribution in [3.8, 4) is 0 Å². The lowest BCUT2D eigenvalue weighted by atomic mass is 10.0. The zero-order valence-corrected chi connectivity index (χ0v) is 22.2. The molecule has 1 aromatic heterocycles. The number of hydrogen-bond acceptors (Lipinski definition) is 6. The van der Waals surface area contributed by atoms with E-state index in [2.05, 4.69) is 36.6 Å². The van der Waals surface area contributed by atoms with Crippen molar-refractivity contribution in [1.82, 2.24) is 24.7 Å². The maximum absolute atomic E-state index is 13.9. The highest BCUT2D eigenvalue weighted by molar-refractivity contribution is 6.30. The van der Waals surface area contributed by atoms with Gasteiger partial charge in [-0.25, -0.2) is 0 Å². The summed E-state index contributed by atoms with van der Waals surface area (Å²) in [6.45, 7) is 6.40. The van der Waals surface area contributed by atoms with Gasteiger partial charge in [-0.1, -0.05) is 23.7 Å². The third-order valence-electron chi connectivity index (χ3n) is 7.48. The molecule has 3 aromatic rings. The van der Waals surface area contributed by atoms with E-state index in [4.69, 9.17) is 11.6 Å². The van der Waals surface area contributed by atoms with Gasteiger partial charge in [0.1, 0.15) is 0 Å². The number of hydrogen-bond donors (Lipinski definition) is 0. The summed E-state index contributed by atoms with van der Waals surface area (Å²) in [5, 5.41) is 0.663. The van der Waals surface area contributed by atoms with Gasteiger partial charge in [0.05, 0.1) is 23.5 Å². The van der Waals surface area contributed by atoms with Crippen LogP contribution in [0.4, 0.5) is 18.9 Å². The molecular formula is C28H32ClF3N6. The van der Waals surface area contributed by atoms with Gasteiger partial charge in [0, 0.05) is 82.0 Å². The van der Waals surface area contributed by atoms with Crippen LogP contribution in [0.5, 0.6) is 0 Å². The highest BCUT2D eigenvalue weighted by atomic mass is 35.5. The summed E-state index contributed by atoms with van der Waals surface area (Å²) in [5.41, 5.74) is 2.55. The van der Waals surface area contributed by atoms with Crippen molar-refractivity contribution in [3.63, 3.8) is 0 Å². The molecule has 2 fully saturated rings. The van der Waals surface area contributed by atoms with E-state index in [0.29, 0.717) is 36.8 Å². The van der Waals surface area contributed by atoms with Crippen LogP contribution in [-0.4, -0.2) is 84.1 Å². The van der Waals surface area contributed by atoms with Crippen molar-refractivity contribution in [2.24, 2.45) is 0 Å². The molecule has 3 heterocycles. The zero-order chi connectivity index (χ0) is 26.7. The topological polar surface area (TPSA) is 38.7 Å². The normalized spacial score (nSPS) is 19.0. The van der Waals surface area contributed by atoms with E-state index in [-0.39, 0.29) is 12.6 Å². The van der Waals surface area contributed by atoms with Gasteiger partial charge in [-0.2, -0.15) is 13.2 Å². The standard InChI is InChI=1S/C28H32ClF3N6/c1-35-10-14-37(15-11-35)24-6-7-25(28(30,31)32)22(18-24)20-36-12-16-38(17-13-36)27(26-19-33-8-9-34-26)21-2-4-23(29)5-3-21/h2-9,18-19,27H,10-17,20H2,1H3. The van der Waals surface area contributed by atoms with Crippen molar-refractivity contribution in [2.75, 3.05) is 64.3 Å². The molecule has 1 atom stereocenters. The van der Waals surface area contributed by atoms with Crippen LogP contribution in [0.25, 0.3) is 0 Å². The Morgan fingerprint density at radius 3 is 2.24 bits per heavy atom. The lowest BCUT2D eigenvalue weighted by Gasteiger charge is -2.39. The molecule has 0 bridgehead atoms. The molecule has 2 aromatic carbocycles. The summed E-state index contributed by atoms with van der Waals surface area (Å²) in [6.07, 6.45) is 0.712. The van der Waals surface area contributed by atoms with Gasteiger partial charge in [0.25, 0.3) is 0 Å².